The highest BCUT2D eigenvalue weighted by Crippen LogP contribution is 2.37. The first kappa shape index (κ1) is 22.3. The van der Waals surface area contributed by atoms with Crippen molar-refractivity contribution in [2.45, 2.75) is 51.5 Å². The fraction of sp³-hybridized carbons (Fsp3) is 0.458. The molecule has 1 aromatic carbocycles. The molecule has 2 N–H and O–H groups in total. The van der Waals surface area contributed by atoms with Gasteiger partial charge in [-0.1, -0.05) is 13.0 Å². The van der Waals surface area contributed by atoms with Crippen LogP contribution in [0, 0.1) is 5.92 Å². The number of aryl methyl sites for hydroxylation is 1. The average molecular weight is 456 g/mol. The van der Waals surface area contributed by atoms with Gasteiger partial charge < -0.3 is 19.9 Å². The van der Waals surface area contributed by atoms with Crippen molar-refractivity contribution >= 4 is 33.3 Å². The molecule has 2 heterocycles. The van der Waals surface area contributed by atoms with Crippen LogP contribution >= 0.6 is 11.3 Å². The number of methoxy groups -OCH3 is 2. The number of rotatable bonds is 8. The minimum Gasteiger partial charge on any atom is -0.493 e. The van der Waals surface area contributed by atoms with Crippen molar-refractivity contribution in [3.05, 3.63) is 40.5 Å². The third kappa shape index (κ3) is 4.65. The Morgan fingerprint density at radius 2 is 1.88 bits per heavy atom. The molecule has 1 saturated carbocycles. The number of fused-ring (bicyclic) bond motifs is 1. The van der Waals surface area contributed by atoms with Crippen molar-refractivity contribution in [1.82, 2.24) is 9.97 Å². The van der Waals surface area contributed by atoms with Gasteiger partial charge in [0.15, 0.2) is 11.5 Å². The lowest BCUT2D eigenvalue weighted by Crippen LogP contribution is -2.21. The van der Waals surface area contributed by atoms with Crippen molar-refractivity contribution in [3.63, 3.8) is 0 Å². The molecule has 8 heteroatoms. The van der Waals surface area contributed by atoms with Crippen molar-refractivity contribution in [3.8, 4) is 11.5 Å². The molecule has 3 aromatic rings. The second-order valence-corrected chi connectivity index (χ2v) is 9.26. The van der Waals surface area contributed by atoms with E-state index in [0.29, 0.717) is 30.9 Å². The van der Waals surface area contributed by atoms with Crippen LogP contribution in [0.3, 0.4) is 0 Å². The predicted molar refractivity (Wildman–Crippen MR) is 126 cm³/mol. The van der Waals surface area contributed by atoms with Gasteiger partial charge in [-0.15, -0.1) is 11.3 Å². The molecule has 0 spiro atoms. The summed E-state index contributed by atoms with van der Waals surface area (Å²) >= 11 is 1.71. The van der Waals surface area contributed by atoms with E-state index in [9.17, 15) is 9.90 Å². The second-order valence-electron chi connectivity index (χ2n) is 8.15. The smallest absolute Gasteiger partial charge is 0.306 e. The Balaban J connectivity index is 1.60. The molecule has 170 valence electrons. The van der Waals surface area contributed by atoms with Gasteiger partial charge in [0.1, 0.15) is 16.5 Å². The van der Waals surface area contributed by atoms with Crippen LogP contribution in [0.15, 0.2) is 24.3 Å². The van der Waals surface area contributed by atoms with E-state index in [1.54, 1.807) is 25.6 Å². The van der Waals surface area contributed by atoms with Crippen molar-refractivity contribution in [2.24, 2.45) is 5.92 Å². The van der Waals surface area contributed by atoms with E-state index in [0.717, 1.165) is 46.7 Å². The zero-order valence-corrected chi connectivity index (χ0v) is 19.5. The van der Waals surface area contributed by atoms with Gasteiger partial charge in [-0.3, -0.25) is 4.79 Å². The molecule has 7 nitrogen and oxygen atoms in total. The molecule has 2 aromatic heterocycles. The largest absolute Gasteiger partial charge is 0.493 e. The monoisotopic (exact) mass is 455 g/mol. The third-order valence-electron chi connectivity index (χ3n) is 6.16. The summed E-state index contributed by atoms with van der Waals surface area (Å²) < 4.78 is 10.8. The van der Waals surface area contributed by atoms with Crippen molar-refractivity contribution in [1.29, 1.82) is 0 Å². The van der Waals surface area contributed by atoms with E-state index in [2.05, 4.69) is 18.3 Å². The first-order valence-electron chi connectivity index (χ1n) is 11.0. The van der Waals surface area contributed by atoms with Gasteiger partial charge in [-0.2, -0.15) is 0 Å². The first-order valence-corrected chi connectivity index (χ1v) is 11.8. The Morgan fingerprint density at radius 1 is 1.12 bits per heavy atom. The van der Waals surface area contributed by atoms with Gasteiger partial charge in [-0.25, -0.2) is 9.97 Å². The van der Waals surface area contributed by atoms with E-state index in [1.807, 2.05) is 18.2 Å². The van der Waals surface area contributed by atoms with Crippen LogP contribution < -0.4 is 14.8 Å². The number of aromatic nitrogens is 2. The van der Waals surface area contributed by atoms with Crippen LogP contribution in [0.2, 0.25) is 0 Å². The van der Waals surface area contributed by atoms with Gasteiger partial charge >= 0.3 is 5.97 Å². The highest BCUT2D eigenvalue weighted by atomic mass is 32.1. The van der Waals surface area contributed by atoms with Crippen LogP contribution in [0.5, 0.6) is 11.5 Å². The highest BCUT2D eigenvalue weighted by molar-refractivity contribution is 7.18. The lowest BCUT2D eigenvalue weighted by atomic mass is 9.81. The number of anilines is 1. The van der Waals surface area contributed by atoms with Gasteiger partial charge in [0.05, 0.1) is 25.5 Å². The number of ether oxygens (including phenoxy) is 2. The topological polar surface area (TPSA) is 93.6 Å². The summed E-state index contributed by atoms with van der Waals surface area (Å²) in [5.41, 5.74) is 1.06. The number of nitrogens with zero attached hydrogens (tertiary/aromatic N) is 2. The Bertz CT molecular complexity index is 1110. The molecule has 0 amide bonds. The van der Waals surface area contributed by atoms with E-state index in [1.165, 1.54) is 4.88 Å². The lowest BCUT2D eigenvalue weighted by Gasteiger charge is -2.25. The molecule has 32 heavy (non-hydrogen) atoms. The van der Waals surface area contributed by atoms with Gasteiger partial charge in [0.25, 0.3) is 0 Å². The molecule has 4 rings (SSSR count). The molecule has 0 unspecified atom stereocenters. The molecule has 0 bridgehead atoms. The number of carbonyl (C=O) groups is 1. The quantitative estimate of drug-likeness (QED) is 0.480. The summed E-state index contributed by atoms with van der Waals surface area (Å²) in [5.74, 6) is 2.30. The maximum Gasteiger partial charge on any atom is 0.306 e. The van der Waals surface area contributed by atoms with Gasteiger partial charge in [0.2, 0.25) is 0 Å². The molecule has 1 fully saturated rings. The number of aliphatic carboxylic acids is 1. The van der Waals surface area contributed by atoms with Crippen LogP contribution in [0.25, 0.3) is 10.2 Å². The number of hydrogen-bond donors (Lipinski definition) is 2. The number of nitrogens with one attached hydrogen (secondary N) is 1. The maximum atomic E-state index is 11.3. The fourth-order valence-corrected chi connectivity index (χ4v) is 5.23. The van der Waals surface area contributed by atoms with Crippen LogP contribution in [-0.2, 0) is 17.8 Å². The molecule has 1 aliphatic rings. The molecule has 1 aliphatic carbocycles. The molecular weight excluding hydrogens is 426 g/mol. The van der Waals surface area contributed by atoms with Crippen LogP contribution in [0.4, 0.5) is 5.82 Å². The van der Waals surface area contributed by atoms with E-state index < -0.39 is 5.97 Å². The summed E-state index contributed by atoms with van der Waals surface area (Å²) in [6.07, 6.45) is 3.93. The normalized spacial score (nSPS) is 18.5. The zero-order chi connectivity index (χ0) is 22.7. The number of thiophene rings is 1. The average Bonchev–Trinajstić information content (AvgIpc) is 3.25. The zero-order valence-electron chi connectivity index (χ0n) is 18.7. The number of carboxylic acids is 1. The van der Waals surface area contributed by atoms with Gasteiger partial charge in [-0.05, 0) is 55.9 Å². The Labute approximate surface area is 191 Å². The number of carboxylic acid groups (broad SMARTS) is 1. The number of benzene rings is 1. The molecule has 0 aliphatic heterocycles. The first-order chi connectivity index (χ1) is 15.5. The predicted octanol–water partition coefficient (Wildman–Crippen LogP) is 5.24. The molecular formula is C24H29N3O4S. The molecule has 0 radical (unpaired) electrons. The Kier molecular flexibility index (Phi) is 6.79. The fourth-order valence-electron chi connectivity index (χ4n) is 4.25. The standard InChI is InChI=1S/C24H29N3O4S/c1-4-17-12-18-22(25-13-14-5-10-19(30-2)20(11-14)31-3)26-21(27-23(18)32-17)15-6-8-16(9-7-15)24(28)29/h5,10-12,15-16H,4,6-9,13H2,1-3H3,(H,28,29)(H,25,26,27). The maximum absolute atomic E-state index is 11.3. The molecule has 0 saturated heterocycles. The van der Waals surface area contributed by atoms with Crippen molar-refractivity contribution in [2.75, 3.05) is 19.5 Å². The summed E-state index contributed by atoms with van der Waals surface area (Å²) in [6, 6.07) is 8.04. The minimum atomic E-state index is -0.692. The minimum absolute atomic E-state index is 0.198. The Hall–Kier alpha value is -2.87. The lowest BCUT2D eigenvalue weighted by molar-refractivity contribution is -0.142. The van der Waals surface area contributed by atoms with E-state index in [4.69, 9.17) is 19.4 Å². The van der Waals surface area contributed by atoms with E-state index in [-0.39, 0.29) is 11.8 Å². The SMILES string of the molecule is CCc1cc2c(NCc3ccc(OC)c(OC)c3)nc(C3CCC(C(=O)O)CC3)nc2s1. The van der Waals surface area contributed by atoms with Crippen LogP contribution in [0.1, 0.15) is 54.8 Å². The van der Waals surface area contributed by atoms with Gasteiger partial charge in [0, 0.05) is 17.3 Å². The number of hydrogen-bond acceptors (Lipinski definition) is 7. The summed E-state index contributed by atoms with van der Waals surface area (Å²) in [4.78, 5) is 23.4. The molecule has 0 atom stereocenters. The van der Waals surface area contributed by atoms with Crippen LogP contribution in [-0.4, -0.2) is 35.3 Å². The van der Waals surface area contributed by atoms with E-state index >= 15 is 0 Å². The van der Waals surface area contributed by atoms with Crippen molar-refractivity contribution < 1.29 is 19.4 Å². The highest BCUT2D eigenvalue weighted by Gasteiger charge is 2.29. The summed E-state index contributed by atoms with van der Waals surface area (Å²) in [6.45, 7) is 2.73. The third-order valence-corrected chi connectivity index (χ3v) is 7.33. The summed E-state index contributed by atoms with van der Waals surface area (Å²) in [7, 11) is 3.26. The Morgan fingerprint density at radius 3 is 2.53 bits per heavy atom. The second kappa shape index (κ2) is 9.73. The summed E-state index contributed by atoms with van der Waals surface area (Å²) in [5, 5.41) is 13.8.